The third-order valence-electron chi connectivity index (χ3n) is 4.60. The monoisotopic (exact) mass is 494 g/mol. The Hall–Kier alpha value is -3.03. The molecule has 156 valence electrons. The highest BCUT2D eigenvalue weighted by molar-refractivity contribution is 9.10. The number of rotatable bonds is 5. The highest BCUT2D eigenvalue weighted by Gasteiger charge is 2.34. The summed E-state index contributed by atoms with van der Waals surface area (Å²) in [5, 5.41) is 0.587. The zero-order chi connectivity index (χ0) is 21.8. The summed E-state index contributed by atoms with van der Waals surface area (Å²) in [4.78, 5) is 20.3. The van der Waals surface area contributed by atoms with Crippen LogP contribution in [0.1, 0.15) is 5.56 Å². The van der Waals surface area contributed by atoms with E-state index in [1.165, 1.54) is 11.8 Å². The van der Waals surface area contributed by atoms with Crippen LogP contribution in [0, 0.1) is 0 Å². The molecule has 4 rings (SSSR count). The van der Waals surface area contributed by atoms with Gasteiger partial charge in [-0.05, 0) is 84.1 Å². The van der Waals surface area contributed by atoms with Gasteiger partial charge in [-0.1, -0.05) is 28.1 Å². The Morgan fingerprint density at radius 3 is 2.03 bits per heavy atom. The number of methoxy groups -OCH3 is 2. The van der Waals surface area contributed by atoms with Gasteiger partial charge in [-0.25, -0.2) is 4.99 Å². The van der Waals surface area contributed by atoms with Crippen LogP contribution in [0.4, 0.5) is 11.4 Å². The quantitative estimate of drug-likeness (QED) is 0.392. The van der Waals surface area contributed by atoms with E-state index in [-0.39, 0.29) is 5.91 Å². The van der Waals surface area contributed by atoms with Gasteiger partial charge >= 0.3 is 0 Å². The fourth-order valence-electron chi connectivity index (χ4n) is 2.99. The molecule has 1 heterocycles. The summed E-state index contributed by atoms with van der Waals surface area (Å²) < 4.78 is 11.5. The number of amides is 1. The Bertz CT molecular complexity index is 1140. The van der Waals surface area contributed by atoms with Gasteiger partial charge in [-0.3, -0.25) is 9.69 Å². The van der Waals surface area contributed by atoms with Crippen LogP contribution in [0.3, 0.4) is 0 Å². The van der Waals surface area contributed by atoms with E-state index in [0.29, 0.717) is 10.1 Å². The molecule has 31 heavy (non-hydrogen) atoms. The van der Waals surface area contributed by atoms with E-state index in [2.05, 4.69) is 15.9 Å². The van der Waals surface area contributed by atoms with Gasteiger partial charge in [-0.15, -0.1) is 0 Å². The number of amidine groups is 1. The van der Waals surface area contributed by atoms with Crippen LogP contribution in [0.25, 0.3) is 6.08 Å². The van der Waals surface area contributed by atoms with Gasteiger partial charge in [0.05, 0.1) is 30.5 Å². The first-order valence-electron chi connectivity index (χ1n) is 9.44. The molecule has 0 aromatic heterocycles. The van der Waals surface area contributed by atoms with Crippen LogP contribution in [-0.2, 0) is 4.79 Å². The molecular formula is C24H19BrN2O3S. The minimum Gasteiger partial charge on any atom is -0.497 e. The van der Waals surface area contributed by atoms with E-state index >= 15 is 0 Å². The molecule has 0 spiro atoms. The number of aliphatic imine (C=N–C) groups is 1. The zero-order valence-electron chi connectivity index (χ0n) is 16.9. The third-order valence-corrected chi connectivity index (χ3v) is 6.10. The maximum Gasteiger partial charge on any atom is 0.271 e. The first-order chi connectivity index (χ1) is 15.1. The molecule has 0 bridgehead atoms. The summed E-state index contributed by atoms with van der Waals surface area (Å²) >= 11 is 4.79. The Morgan fingerprint density at radius 1 is 0.871 bits per heavy atom. The van der Waals surface area contributed by atoms with Gasteiger partial charge < -0.3 is 9.47 Å². The molecule has 0 saturated carbocycles. The average Bonchev–Trinajstić information content (AvgIpc) is 3.10. The highest BCUT2D eigenvalue weighted by atomic mass is 79.9. The Balaban J connectivity index is 1.74. The molecule has 0 aliphatic carbocycles. The van der Waals surface area contributed by atoms with E-state index < -0.39 is 0 Å². The molecule has 0 unspecified atom stereocenters. The Morgan fingerprint density at radius 2 is 1.45 bits per heavy atom. The maximum absolute atomic E-state index is 13.3. The number of nitrogens with zero attached hydrogens (tertiary/aromatic N) is 2. The average molecular weight is 495 g/mol. The lowest BCUT2D eigenvalue weighted by atomic mass is 10.2. The number of thioether (sulfide) groups is 1. The maximum atomic E-state index is 13.3. The van der Waals surface area contributed by atoms with Gasteiger partial charge in [-0.2, -0.15) is 0 Å². The third kappa shape index (κ3) is 4.84. The number of carbonyl (C=O) groups is 1. The Labute approximate surface area is 193 Å². The van der Waals surface area contributed by atoms with Gasteiger partial charge in [0.1, 0.15) is 11.5 Å². The molecule has 1 aliphatic heterocycles. The lowest BCUT2D eigenvalue weighted by Crippen LogP contribution is -2.28. The Kier molecular flexibility index (Phi) is 6.44. The fraction of sp³-hybridized carbons (Fsp3) is 0.0833. The molecule has 3 aromatic carbocycles. The van der Waals surface area contributed by atoms with Crippen LogP contribution in [0.5, 0.6) is 11.5 Å². The molecule has 1 amide bonds. The lowest BCUT2D eigenvalue weighted by Gasteiger charge is -2.16. The number of ether oxygens (including phenoxy) is 2. The van der Waals surface area contributed by atoms with E-state index in [1.54, 1.807) is 19.1 Å². The summed E-state index contributed by atoms with van der Waals surface area (Å²) in [5.74, 6) is 1.36. The number of halogens is 1. The largest absolute Gasteiger partial charge is 0.497 e. The topological polar surface area (TPSA) is 51.1 Å². The summed E-state index contributed by atoms with van der Waals surface area (Å²) in [5.41, 5.74) is 2.41. The highest BCUT2D eigenvalue weighted by Crippen LogP contribution is 2.38. The predicted octanol–water partition coefficient (Wildman–Crippen LogP) is 6.27. The van der Waals surface area contributed by atoms with Crippen molar-refractivity contribution >= 4 is 56.2 Å². The van der Waals surface area contributed by atoms with Crippen molar-refractivity contribution in [3.05, 3.63) is 87.7 Å². The van der Waals surface area contributed by atoms with Crippen molar-refractivity contribution < 1.29 is 14.3 Å². The van der Waals surface area contributed by atoms with Crippen molar-refractivity contribution in [1.82, 2.24) is 0 Å². The van der Waals surface area contributed by atoms with Crippen molar-refractivity contribution in [3.63, 3.8) is 0 Å². The van der Waals surface area contributed by atoms with Crippen LogP contribution in [0.2, 0.25) is 0 Å². The number of anilines is 1. The lowest BCUT2D eigenvalue weighted by molar-refractivity contribution is -0.113. The fourth-order valence-corrected chi connectivity index (χ4v) is 4.25. The summed E-state index contributed by atoms with van der Waals surface area (Å²) in [6.07, 6.45) is 1.88. The minimum atomic E-state index is -0.120. The first kappa shape index (κ1) is 21.2. The molecular weight excluding hydrogens is 476 g/mol. The van der Waals surface area contributed by atoms with Gasteiger partial charge in [0, 0.05) is 4.47 Å². The van der Waals surface area contributed by atoms with E-state index in [4.69, 9.17) is 14.5 Å². The second-order valence-electron chi connectivity index (χ2n) is 6.59. The standard InChI is InChI=1S/C24H19BrN2O3S/c1-29-20-11-7-18(8-12-20)26-24-27(19-9-13-21(30-2)14-10-19)23(28)22(31-24)15-16-3-5-17(25)6-4-16/h3-15H,1-2H3/b22-15-,26-24?. The predicted molar refractivity (Wildman–Crippen MR) is 130 cm³/mol. The van der Waals surface area contributed by atoms with Gasteiger partial charge in [0.25, 0.3) is 5.91 Å². The molecule has 3 aromatic rings. The number of benzene rings is 3. The van der Waals surface area contributed by atoms with Crippen LogP contribution < -0.4 is 14.4 Å². The first-order valence-corrected chi connectivity index (χ1v) is 11.0. The van der Waals surface area contributed by atoms with Crippen LogP contribution in [-0.4, -0.2) is 25.3 Å². The molecule has 0 N–H and O–H groups in total. The van der Waals surface area contributed by atoms with Crippen LogP contribution >= 0.6 is 27.7 Å². The van der Waals surface area contributed by atoms with Crippen LogP contribution in [0.15, 0.2) is 87.2 Å². The van der Waals surface area contributed by atoms with Crippen molar-refractivity contribution in [1.29, 1.82) is 0 Å². The normalized spacial score (nSPS) is 16.2. The van der Waals surface area contributed by atoms with Crippen molar-refractivity contribution in [2.24, 2.45) is 4.99 Å². The minimum absolute atomic E-state index is 0.120. The molecule has 1 aliphatic rings. The molecule has 1 fully saturated rings. The number of carbonyl (C=O) groups excluding carboxylic acids is 1. The summed E-state index contributed by atoms with van der Waals surface area (Å²) in [7, 11) is 3.23. The van der Waals surface area contributed by atoms with Gasteiger partial charge in [0.2, 0.25) is 0 Å². The summed E-state index contributed by atoms with van der Waals surface area (Å²) in [6, 6.07) is 22.6. The molecule has 7 heteroatoms. The summed E-state index contributed by atoms with van der Waals surface area (Å²) in [6.45, 7) is 0. The zero-order valence-corrected chi connectivity index (χ0v) is 19.3. The van der Waals surface area contributed by atoms with Crippen molar-refractivity contribution in [3.8, 4) is 11.5 Å². The molecule has 0 radical (unpaired) electrons. The SMILES string of the molecule is COc1ccc(N=C2S/C(=C\c3ccc(Br)cc3)C(=O)N2c2ccc(OC)cc2)cc1. The van der Waals surface area contributed by atoms with E-state index in [1.807, 2.05) is 78.9 Å². The molecule has 0 atom stereocenters. The second kappa shape index (κ2) is 9.41. The smallest absolute Gasteiger partial charge is 0.271 e. The van der Waals surface area contributed by atoms with E-state index in [9.17, 15) is 4.79 Å². The van der Waals surface area contributed by atoms with E-state index in [0.717, 1.165) is 32.9 Å². The van der Waals surface area contributed by atoms with Crippen molar-refractivity contribution in [2.75, 3.05) is 19.1 Å². The number of hydrogen-bond donors (Lipinski definition) is 0. The van der Waals surface area contributed by atoms with Gasteiger partial charge in [0.15, 0.2) is 5.17 Å². The molecule has 1 saturated heterocycles. The second-order valence-corrected chi connectivity index (χ2v) is 8.52. The number of hydrogen-bond acceptors (Lipinski definition) is 5. The molecule has 5 nitrogen and oxygen atoms in total. The van der Waals surface area contributed by atoms with Crippen molar-refractivity contribution in [2.45, 2.75) is 0 Å².